The lowest BCUT2D eigenvalue weighted by Gasteiger charge is -2.10. The van der Waals surface area contributed by atoms with Gasteiger partial charge in [-0.15, -0.1) is 0 Å². The Hall–Kier alpha value is -2.11. The van der Waals surface area contributed by atoms with E-state index in [9.17, 15) is 9.18 Å². The van der Waals surface area contributed by atoms with Crippen LogP contribution in [0.3, 0.4) is 0 Å². The van der Waals surface area contributed by atoms with Crippen molar-refractivity contribution in [3.63, 3.8) is 0 Å². The molecule has 1 aliphatic heterocycles. The van der Waals surface area contributed by atoms with Crippen LogP contribution >= 0.6 is 23.2 Å². The third kappa shape index (κ3) is 3.63. The summed E-state index contributed by atoms with van der Waals surface area (Å²) < 4.78 is 12.9. The Kier molecular flexibility index (Phi) is 4.50. The lowest BCUT2D eigenvalue weighted by Crippen LogP contribution is -2.28. The van der Waals surface area contributed by atoms with Crippen LogP contribution in [-0.4, -0.2) is 17.7 Å². The van der Waals surface area contributed by atoms with E-state index in [0.29, 0.717) is 27.9 Å². The van der Waals surface area contributed by atoms with Crippen LogP contribution in [-0.2, 0) is 9.63 Å². The molecular weight excluding hydrogens is 342 g/mol. The van der Waals surface area contributed by atoms with Crippen molar-refractivity contribution in [2.75, 3.05) is 5.32 Å². The molecule has 1 amide bonds. The highest BCUT2D eigenvalue weighted by Gasteiger charge is 2.29. The number of halogens is 3. The van der Waals surface area contributed by atoms with Crippen LogP contribution in [0.1, 0.15) is 12.0 Å². The third-order valence-electron chi connectivity index (χ3n) is 3.33. The second-order valence-electron chi connectivity index (χ2n) is 4.96. The molecule has 0 saturated carbocycles. The highest BCUT2D eigenvalue weighted by Crippen LogP contribution is 2.26. The van der Waals surface area contributed by atoms with Crippen molar-refractivity contribution in [2.45, 2.75) is 12.5 Å². The second kappa shape index (κ2) is 6.56. The number of amides is 1. The molecule has 2 aromatic rings. The predicted molar refractivity (Wildman–Crippen MR) is 87.5 cm³/mol. The lowest BCUT2D eigenvalue weighted by molar-refractivity contribution is -0.125. The minimum Gasteiger partial charge on any atom is -0.382 e. The van der Waals surface area contributed by atoms with Crippen molar-refractivity contribution >= 4 is 40.5 Å². The number of hydrogen-bond donors (Lipinski definition) is 1. The Balaban J connectivity index is 1.64. The van der Waals surface area contributed by atoms with Crippen LogP contribution in [0, 0.1) is 5.82 Å². The zero-order valence-electron chi connectivity index (χ0n) is 11.7. The summed E-state index contributed by atoms with van der Waals surface area (Å²) in [5, 5.41) is 7.34. The summed E-state index contributed by atoms with van der Waals surface area (Å²) in [7, 11) is 0. The van der Waals surface area contributed by atoms with Gasteiger partial charge in [0.15, 0.2) is 0 Å². The van der Waals surface area contributed by atoms with Crippen molar-refractivity contribution in [3.8, 4) is 0 Å². The normalized spacial score (nSPS) is 16.7. The summed E-state index contributed by atoms with van der Waals surface area (Å²) in [5.41, 5.74) is 1.83. The summed E-state index contributed by atoms with van der Waals surface area (Å²) in [5.74, 6) is -0.675. The van der Waals surface area contributed by atoms with Gasteiger partial charge in [0.05, 0.1) is 15.8 Å². The van der Waals surface area contributed by atoms with Crippen molar-refractivity contribution in [3.05, 3.63) is 63.9 Å². The van der Waals surface area contributed by atoms with E-state index in [1.807, 2.05) is 0 Å². The summed E-state index contributed by atoms with van der Waals surface area (Å²) in [6.07, 6.45) is -0.441. The average molecular weight is 353 g/mol. The summed E-state index contributed by atoms with van der Waals surface area (Å²) in [4.78, 5) is 17.4. The fourth-order valence-electron chi connectivity index (χ4n) is 2.13. The fraction of sp³-hybridized carbons (Fsp3) is 0.125. The molecule has 1 N–H and O–H groups in total. The maximum absolute atomic E-state index is 12.9. The predicted octanol–water partition coefficient (Wildman–Crippen LogP) is 4.26. The van der Waals surface area contributed by atoms with Gasteiger partial charge in [-0.05, 0) is 35.9 Å². The average Bonchev–Trinajstić information content (AvgIpc) is 3.02. The molecule has 2 aromatic carbocycles. The number of benzene rings is 2. The molecule has 0 aromatic heterocycles. The quantitative estimate of drug-likeness (QED) is 0.896. The number of carbonyl (C=O) groups excluding carboxylic acids is 1. The van der Waals surface area contributed by atoms with Gasteiger partial charge >= 0.3 is 0 Å². The van der Waals surface area contributed by atoms with Gasteiger partial charge in [0.1, 0.15) is 5.82 Å². The van der Waals surface area contributed by atoms with Crippen molar-refractivity contribution < 1.29 is 14.0 Å². The molecule has 0 spiro atoms. The Labute approximate surface area is 141 Å². The SMILES string of the molecule is O=C(Nc1ccc(Cl)c(Cl)c1)C1CC(c2ccc(F)cc2)=NO1. The number of nitrogens with zero attached hydrogens (tertiary/aromatic N) is 1. The number of rotatable bonds is 3. The fourth-order valence-corrected chi connectivity index (χ4v) is 2.43. The van der Waals surface area contributed by atoms with Crippen LogP contribution < -0.4 is 5.32 Å². The summed E-state index contributed by atoms with van der Waals surface area (Å²) in [6, 6.07) is 10.6. The number of oxime groups is 1. The zero-order valence-corrected chi connectivity index (χ0v) is 13.2. The largest absolute Gasteiger partial charge is 0.382 e. The second-order valence-corrected chi connectivity index (χ2v) is 5.78. The smallest absolute Gasteiger partial charge is 0.268 e. The molecule has 0 aliphatic carbocycles. The van der Waals surface area contributed by atoms with Crippen LogP contribution in [0.5, 0.6) is 0 Å². The number of hydrogen-bond acceptors (Lipinski definition) is 3. The summed E-state index contributed by atoms with van der Waals surface area (Å²) in [6.45, 7) is 0. The maximum Gasteiger partial charge on any atom is 0.268 e. The van der Waals surface area contributed by atoms with Crippen molar-refractivity contribution in [1.82, 2.24) is 0 Å². The molecular formula is C16H11Cl2FN2O2. The molecule has 118 valence electrons. The molecule has 1 heterocycles. The van der Waals surface area contributed by atoms with E-state index in [2.05, 4.69) is 10.5 Å². The molecule has 7 heteroatoms. The Morgan fingerprint density at radius 2 is 1.91 bits per heavy atom. The number of carbonyl (C=O) groups is 1. The molecule has 0 radical (unpaired) electrons. The van der Waals surface area contributed by atoms with Gasteiger partial charge in [0.2, 0.25) is 6.10 Å². The van der Waals surface area contributed by atoms with Gasteiger partial charge in [0.25, 0.3) is 5.91 Å². The van der Waals surface area contributed by atoms with Crippen LogP contribution in [0.2, 0.25) is 10.0 Å². The van der Waals surface area contributed by atoms with Crippen LogP contribution in [0.15, 0.2) is 47.6 Å². The Morgan fingerprint density at radius 3 is 2.61 bits per heavy atom. The van der Waals surface area contributed by atoms with Gasteiger partial charge in [-0.25, -0.2) is 4.39 Å². The van der Waals surface area contributed by atoms with Gasteiger partial charge in [0, 0.05) is 12.1 Å². The van der Waals surface area contributed by atoms with E-state index in [1.54, 1.807) is 30.3 Å². The molecule has 4 nitrogen and oxygen atoms in total. The van der Waals surface area contributed by atoms with E-state index in [4.69, 9.17) is 28.0 Å². The standard InChI is InChI=1S/C16H11Cl2FN2O2/c17-12-6-5-11(7-13(12)18)20-16(22)15-8-14(21-23-15)9-1-3-10(19)4-2-9/h1-7,15H,8H2,(H,20,22). The zero-order chi connectivity index (χ0) is 16.4. The first-order valence-electron chi connectivity index (χ1n) is 6.77. The van der Waals surface area contributed by atoms with Crippen molar-refractivity contribution in [1.29, 1.82) is 0 Å². The lowest BCUT2D eigenvalue weighted by atomic mass is 10.0. The molecule has 1 atom stereocenters. The van der Waals surface area contributed by atoms with E-state index in [1.165, 1.54) is 12.1 Å². The molecule has 0 saturated heterocycles. The van der Waals surface area contributed by atoms with E-state index < -0.39 is 6.10 Å². The van der Waals surface area contributed by atoms with Gasteiger partial charge in [-0.1, -0.05) is 40.5 Å². The van der Waals surface area contributed by atoms with Crippen LogP contribution in [0.4, 0.5) is 10.1 Å². The summed E-state index contributed by atoms with van der Waals surface area (Å²) >= 11 is 11.7. The molecule has 1 aliphatic rings. The minimum absolute atomic E-state index is 0.304. The molecule has 23 heavy (non-hydrogen) atoms. The number of anilines is 1. The monoisotopic (exact) mass is 352 g/mol. The topological polar surface area (TPSA) is 50.7 Å². The molecule has 1 unspecified atom stereocenters. The van der Waals surface area contributed by atoms with Crippen LogP contribution in [0.25, 0.3) is 0 Å². The minimum atomic E-state index is -0.746. The van der Waals surface area contributed by atoms with E-state index in [-0.39, 0.29) is 11.7 Å². The Bertz CT molecular complexity index is 778. The van der Waals surface area contributed by atoms with Gasteiger partial charge in [-0.2, -0.15) is 0 Å². The molecule has 0 bridgehead atoms. The highest BCUT2D eigenvalue weighted by atomic mass is 35.5. The first kappa shape index (κ1) is 15.8. The highest BCUT2D eigenvalue weighted by molar-refractivity contribution is 6.42. The van der Waals surface area contributed by atoms with Gasteiger partial charge in [-0.3, -0.25) is 4.79 Å². The molecule has 0 fully saturated rings. The number of nitrogens with one attached hydrogen (secondary N) is 1. The first-order valence-corrected chi connectivity index (χ1v) is 7.53. The molecule has 3 rings (SSSR count). The van der Waals surface area contributed by atoms with Crippen molar-refractivity contribution in [2.24, 2.45) is 5.16 Å². The van der Waals surface area contributed by atoms with E-state index >= 15 is 0 Å². The first-order chi connectivity index (χ1) is 11.0. The Morgan fingerprint density at radius 1 is 1.17 bits per heavy atom. The maximum atomic E-state index is 12.9. The van der Waals surface area contributed by atoms with Gasteiger partial charge < -0.3 is 10.2 Å². The third-order valence-corrected chi connectivity index (χ3v) is 4.06. The van der Waals surface area contributed by atoms with E-state index in [0.717, 1.165) is 5.56 Å².